The maximum Gasteiger partial charge on any atom is 0.234 e. The standard InChI is InChI=1S/C11H20N2O2/c1-3-7-12-11(15)10-13(2)8-5-4-6-9-14/h1,14H,4-10H2,2H3,(H,12,15). The van der Waals surface area contributed by atoms with Crippen LogP contribution in [-0.4, -0.2) is 49.2 Å². The molecule has 0 saturated carbocycles. The minimum Gasteiger partial charge on any atom is -0.396 e. The Morgan fingerprint density at radius 1 is 1.47 bits per heavy atom. The van der Waals surface area contributed by atoms with Crippen LogP contribution in [0.1, 0.15) is 19.3 Å². The number of rotatable bonds is 8. The van der Waals surface area contributed by atoms with Gasteiger partial charge in [-0.15, -0.1) is 6.42 Å². The van der Waals surface area contributed by atoms with E-state index in [2.05, 4.69) is 11.2 Å². The molecular formula is C11H20N2O2. The third-order valence-electron chi connectivity index (χ3n) is 2.00. The summed E-state index contributed by atoms with van der Waals surface area (Å²) in [5.74, 6) is 2.31. The molecule has 0 aromatic heterocycles. The van der Waals surface area contributed by atoms with Crippen LogP contribution in [-0.2, 0) is 4.79 Å². The summed E-state index contributed by atoms with van der Waals surface area (Å²) < 4.78 is 0. The van der Waals surface area contributed by atoms with Crippen molar-refractivity contribution in [1.82, 2.24) is 10.2 Å². The number of nitrogens with one attached hydrogen (secondary N) is 1. The summed E-state index contributed by atoms with van der Waals surface area (Å²) >= 11 is 0. The van der Waals surface area contributed by atoms with Gasteiger partial charge in [-0.2, -0.15) is 0 Å². The fraction of sp³-hybridized carbons (Fsp3) is 0.727. The molecular weight excluding hydrogens is 192 g/mol. The second-order valence-electron chi connectivity index (χ2n) is 3.50. The van der Waals surface area contributed by atoms with E-state index in [0.29, 0.717) is 6.54 Å². The number of hydrogen-bond donors (Lipinski definition) is 2. The number of aliphatic hydroxyl groups is 1. The van der Waals surface area contributed by atoms with Crippen molar-refractivity contribution >= 4 is 5.91 Å². The third kappa shape index (κ3) is 9.26. The molecule has 2 N–H and O–H groups in total. The van der Waals surface area contributed by atoms with Crippen molar-refractivity contribution in [2.24, 2.45) is 0 Å². The predicted molar refractivity (Wildman–Crippen MR) is 60.3 cm³/mol. The van der Waals surface area contributed by atoms with Gasteiger partial charge in [0, 0.05) is 6.61 Å². The van der Waals surface area contributed by atoms with E-state index in [9.17, 15) is 4.79 Å². The molecule has 0 aliphatic carbocycles. The van der Waals surface area contributed by atoms with E-state index in [4.69, 9.17) is 11.5 Å². The van der Waals surface area contributed by atoms with Crippen LogP contribution < -0.4 is 5.32 Å². The average molecular weight is 212 g/mol. The number of carbonyl (C=O) groups is 1. The molecule has 0 saturated heterocycles. The first kappa shape index (κ1) is 13.9. The lowest BCUT2D eigenvalue weighted by Crippen LogP contribution is -2.35. The van der Waals surface area contributed by atoms with Crippen LogP contribution in [0.2, 0.25) is 0 Å². The molecule has 0 aliphatic heterocycles. The molecule has 0 heterocycles. The summed E-state index contributed by atoms with van der Waals surface area (Å²) in [6.45, 7) is 1.77. The molecule has 0 rings (SSSR count). The number of likely N-dealkylation sites (N-methyl/N-ethyl adjacent to an activating group) is 1. The van der Waals surface area contributed by atoms with Gasteiger partial charge in [0.2, 0.25) is 5.91 Å². The molecule has 86 valence electrons. The molecule has 0 atom stereocenters. The minimum absolute atomic E-state index is 0.0439. The molecule has 4 heteroatoms. The molecule has 15 heavy (non-hydrogen) atoms. The maximum atomic E-state index is 11.2. The molecule has 1 amide bonds. The number of amides is 1. The van der Waals surface area contributed by atoms with E-state index >= 15 is 0 Å². The van der Waals surface area contributed by atoms with Gasteiger partial charge < -0.3 is 10.4 Å². The lowest BCUT2D eigenvalue weighted by molar-refractivity contribution is -0.121. The van der Waals surface area contributed by atoms with Crippen molar-refractivity contribution in [3.63, 3.8) is 0 Å². The highest BCUT2D eigenvalue weighted by atomic mass is 16.2. The van der Waals surface area contributed by atoms with Gasteiger partial charge in [0.05, 0.1) is 13.1 Å². The highest BCUT2D eigenvalue weighted by Gasteiger charge is 2.04. The second-order valence-corrected chi connectivity index (χ2v) is 3.50. The van der Waals surface area contributed by atoms with Gasteiger partial charge in [-0.1, -0.05) is 5.92 Å². The Hall–Kier alpha value is -1.05. The van der Waals surface area contributed by atoms with Gasteiger partial charge in [0.1, 0.15) is 0 Å². The van der Waals surface area contributed by atoms with Crippen LogP contribution in [0.5, 0.6) is 0 Å². The number of unbranched alkanes of at least 4 members (excludes halogenated alkanes) is 2. The van der Waals surface area contributed by atoms with E-state index in [1.807, 2.05) is 11.9 Å². The fourth-order valence-electron chi connectivity index (χ4n) is 1.20. The van der Waals surface area contributed by atoms with Crippen LogP contribution in [0, 0.1) is 12.3 Å². The largest absolute Gasteiger partial charge is 0.396 e. The van der Waals surface area contributed by atoms with Crippen molar-refractivity contribution < 1.29 is 9.90 Å². The first-order chi connectivity index (χ1) is 7.20. The van der Waals surface area contributed by atoms with Gasteiger partial charge in [0.25, 0.3) is 0 Å². The van der Waals surface area contributed by atoms with Crippen molar-refractivity contribution in [3.05, 3.63) is 0 Å². The maximum absolute atomic E-state index is 11.2. The highest BCUT2D eigenvalue weighted by molar-refractivity contribution is 5.78. The van der Waals surface area contributed by atoms with E-state index in [-0.39, 0.29) is 19.1 Å². The molecule has 0 fully saturated rings. The minimum atomic E-state index is -0.0439. The summed E-state index contributed by atoms with van der Waals surface area (Å²) in [5.41, 5.74) is 0. The van der Waals surface area contributed by atoms with Gasteiger partial charge in [-0.05, 0) is 32.9 Å². The number of nitrogens with zero attached hydrogens (tertiary/aromatic N) is 1. The second kappa shape index (κ2) is 9.50. The monoisotopic (exact) mass is 212 g/mol. The number of terminal acetylenes is 1. The topological polar surface area (TPSA) is 52.6 Å². The van der Waals surface area contributed by atoms with Crippen molar-refractivity contribution in [1.29, 1.82) is 0 Å². The van der Waals surface area contributed by atoms with Gasteiger partial charge in [-0.25, -0.2) is 0 Å². The fourth-order valence-corrected chi connectivity index (χ4v) is 1.20. The van der Waals surface area contributed by atoms with Crippen LogP contribution in [0.25, 0.3) is 0 Å². The van der Waals surface area contributed by atoms with Crippen LogP contribution in [0.4, 0.5) is 0 Å². The number of aliphatic hydroxyl groups excluding tert-OH is 1. The Morgan fingerprint density at radius 3 is 2.80 bits per heavy atom. The average Bonchev–Trinajstić information content (AvgIpc) is 2.21. The summed E-state index contributed by atoms with van der Waals surface area (Å²) in [7, 11) is 1.90. The van der Waals surface area contributed by atoms with E-state index < -0.39 is 0 Å². The predicted octanol–water partition coefficient (Wildman–Crippen LogP) is -0.170. The van der Waals surface area contributed by atoms with Crippen molar-refractivity contribution in [2.75, 3.05) is 33.3 Å². The molecule has 0 spiro atoms. The zero-order valence-corrected chi connectivity index (χ0v) is 9.33. The molecule has 0 radical (unpaired) electrons. The highest BCUT2D eigenvalue weighted by Crippen LogP contribution is 1.96. The molecule has 0 unspecified atom stereocenters. The zero-order valence-electron chi connectivity index (χ0n) is 9.33. The summed E-state index contributed by atoms with van der Waals surface area (Å²) in [6, 6.07) is 0. The molecule has 0 bridgehead atoms. The van der Waals surface area contributed by atoms with E-state index in [0.717, 1.165) is 25.8 Å². The summed E-state index contributed by atoms with van der Waals surface area (Å²) in [6.07, 6.45) is 7.84. The van der Waals surface area contributed by atoms with Crippen molar-refractivity contribution in [3.8, 4) is 12.3 Å². The van der Waals surface area contributed by atoms with Crippen LogP contribution in [0.15, 0.2) is 0 Å². The number of carbonyl (C=O) groups excluding carboxylic acids is 1. The Bertz CT molecular complexity index is 211. The van der Waals surface area contributed by atoms with Crippen molar-refractivity contribution in [2.45, 2.75) is 19.3 Å². The Kier molecular flexibility index (Phi) is 8.84. The molecule has 4 nitrogen and oxygen atoms in total. The van der Waals surface area contributed by atoms with Gasteiger partial charge >= 0.3 is 0 Å². The quantitative estimate of drug-likeness (QED) is 0.434. The number of hydrogen-bond acceptors (Lipinski definition) is 3. The van der Waals surface area contributed by atoms with E-state index in [1.165, 1.54) is 0 Å². The first-order valence-electron chi connectivity index (χ1n) is 5.20. The Balaban J connectivity index is 3.43. The molecule has 0 aromatic rings. The van der Waals surface area contributed by atoms with Crippen LogP contribution >= 0.6 is 0 Å². The SMILES string of the molecule is C#CCNC(=O)CN(C)CCCCCO. The van der Waals surface area contributed by atoms with Gasteiger partial charge in [-0.3, -0.25) is 9.69 Å². The van der Waals surface area contributed by atoms with Crippen LogP contribution in [0.3, 0.4) is 0 Å². The molecule has 0 aromatic carbocycles. The Labute approximate surface area is 91.7 Å². The molecule has 0 aliphatic rings. The lowest BCUT2D eigenvalue weighted by atomic mass is 10.2. The Morgan fingerprint density at radius 2 is 2.20 bits per heavy atom. The zero-order chi connectivity index (χ0) is 11.5. The third-order valence-corrected chi connectivity index (χ3v) is 2.00. The lowest BCUT2D eigenvalue weighted by Gasteiger charge is -2.15. The summed E-state index contributed by atoms with van der Waals surface area (Å²) in [4.78, 5) is 13.2. The summed E-state index contributed by atoms with van der Waals surface area (Å²) in [5, 5.41) is 11.2. The first-order valence-corrected chi connectivity index (χ1v) is 5.20. The normalized spacial score (nSPS) is 10.0. The van der Waals surface area contributed by atoms with Gasteiger partial charge in [0.15, 0.2) is 0 Å². The van der Waals surface area contributed by atoms with E-state index in [1.54, 1.807) is 0 Å². The smallest absolute Gasteiger partial charge is 0.234 e.